The molecule has 1 aliphatic rings. The maximum absolute atomic E-state index is 11.7. The Morgan fingerprint density at radius 1 is 1.17 bits per heavy atom. The standard InChI is InChI=1S/C16H13N5O2/c1-21-12-8-10(2-4-13(12)23-9-15(21)22)19-14-5-3-11-16(20-14)18-7-6-17-11/h2-8H,9H2,1H3,(H,18,19,20). The Morgan fingerprint density at radius 3 is 2.96 bits per heavy atom. The van der Waals surface area contributed by atoms with Crippen molar-refractivity contribution >= 4 is 34.3 Å². The van der Waals surface area contributed by atoms with Gasteiger partial charge in [0, 0.05) is 25.1 Å². The number of nitrogens with one attached hydrogen (secondary N) is 1. The van der Waals surface area contributed by atoms with E-state index in [2.05, 4.69) is 20.3 Å². The fourth-order valence-corrected chi connectivity index (χ4v) is 2.42. The van der Waals surface area contributed by atoms with E-state index in [1.807, 2.05) is 30.3 Å². The normalized spacial score (nSPS) is 13.6. The zero-order chi connectivity index (χ0) is 15.8. The Labute approximate surface area is 132 Å². The molecule has 0 bridgehead atoms. The molecule has 0 saturated heterocycles. The van der Waals surface area contributed by atoms with Gasteiger partial charge in [-0.3, -0.25) is 9.78 Å². The van der Waals surface area contributed by atoms with Gasteiger partial charge in [-0.2, -0.15) is 0 Å². The molecule has 0 radical (unpaired) electrons. The average Bonchev–Trinajstić information content (AvgIpc) is 2.58. The summed E-state index contributed by atoms with van der Waals surface area (Å²) in [5.41, 5.74) is 2.85. The molecular formula is C16H13N5O2. The summed E-state index contributed by atoms with van der Waals surface area (Å²) in [6.07, 6.45) is 3.24. The third-order valence-electron chi connectivity index (χ3n) is 3.65. The molecule has 0 spiro atoms. The first-order valence-electron chi connectivity index (χ1n) is 7.09. The number of pyridine rings is 1. The molecule has 3 aromatic rings. The van der Waals surface area contributed by atoms with E-state index in [9.17, 15) is 4.79 Å². The van der Waals surface area contributed by atoms with Crippen LogP contribution in [0.3, 0.4) is 0 Å². The van der Waals surface area contributed by atoms with Gasteiger partial charge in [0.1, 0.15) is 17.1 Å². The second-order valence-corrected chi connectivity index (χ2v) is 5.14. The Bertz CT molecular complexity index is 912. The number of hydrogen-bond donors (Lipinski definition) is 1. The van der Waals surface area contributed by atoms with Crippen LogP contribution in [-0.4, -0.2) is 34.5 Å². The van der Waals surface area contributed by atoms with Crippen molar-refractivity contribution in [3.05, 3.63) is 42.7 Å². The number of fused-ring (bicyclic) bond motifs is 2. The van der Waals surface area contributed by atoms with Crippen LogP contribution in [0.5, 0.6) is 5.75 Å². The highest BCUT2D eigenvalue weighted by atomic mass is 16.5. The summed E-state index contributed by atoms with van der Waals surface area (Å²) >= 11 is 0. The molecule has 7 nitrogen and oxygen atoms in total. The summed E-state index contributed by atoms with van der Waals surface area (Å²) in [7, 11) is 1.73. The van der Waals surface area contributed by atoms with Crippen LogP contribution in [-0.2, 0) is 4.79 Å². The monoisotopic (exact) mass is 307 g/mol. The van der Waals surface area contributed by atoms with Crippen molar-refractivity contribution in [2.75, 3.05) is 23.9 Å². The third-order valence-corrected chi connectivity index (χ3v) is 3.65. The molecule has 1 N–H and O–H groups in total. The van der Waals surface area contributed by atoms with Crippen LogP contribution in [0.15, 0.2) is 42.7 Å². The van der Waals surface area contributed by atoms with E-state index in [4.69, 9.17) is 4.74 Å². The summed E-state index contributed by atoms with van der Waals surface area (Å²) in [5.74, 6) is 1.27. The average molecular weight is 307 g/mol. The van der Waals surface area contributed by atoms with Crippen LogP contribution < -0.4 is 15.0 Å². The number of carbonyl (C=O) groups excluding carboxylic acids is 1. The van der Waals surface area contributed by atoms with Crippen LogP contribution >= 0.6 is 0 Å². The predicted octanol–water partition coefficient (Wildman–Crippen LogP) is 2.12. The first kappa shape index (κ1) is 13.4. The molecule has 3 heterocycles. The van der Waals surface area contributed by atoms with E-state index in [0.717, 1.165) is 16.9 Å². The Morgan fingerprint density at radius 2 is 2.04 bits per heavy atom. The van der Waals surface area contributed by atoms with Crippen molar-refractivity contribution in [3.8, 4) is 5.75 Å². The van der Waals surface area contributed by atoms with E-state index in [0.29, 0.717) is 17.2 Å². The van der Waals surface area contributed by atoms with Gasteiger partial charge >= 0.3 is 0 Å². The smallest absolute Gasteiger partial charge is 0.264 e. The zero-order valence-corrected chi connectivity index (χ0v) is 12.4. The Kier molecular flexibility index (Phi) is 3.04. The lowest BCUT2D eigenvalue weighted by Gasteiger charge is -2.26. The number of anilines is 3. The van der Waals surface area contributed by atoms with Gasteiger partial charge < -0.3 is 15.0 Å². The molecule has 4 rings (SSSR count). The highest BCUT2D eigenvalue weighted by Crippen LogP contribution is 2.34. The number of hydrogen-bond acceptors (Lipinski definition) is 6. The van der Waals surface area contributed by atoms with E-state index < -0.39 is 0 Å². The maximum atomic E-state index is 11.7. The maximum Gasteiger partial charge on any atom is 0.264 e. The van der Waals surface area contributed by atoms with Crippen LogP contribution in [0.4, 0.5) is 17.2 Å². The van der Waals surface area contributed by atoms with Crippen molar-refractivity contribution in [1.82, 2.24) is 15.0 Å². The van der Waals surface area contributed by atoms with E-state index in [1.54, 1.807) is 24.3 Å². The lowest BCUT2D eigenvalue weighted by atomic mass is 10.2. The Hall–Kier alpha value is -3.22. The number of rotatable bonds is 2. The number of aromatic nitrogens is 3. The van der Waals surface area contributed by atoms with Gasteiger partial charge in [-0.25, -0.2) is 9.97 Å². The molecule has 2 aromatic heterocycles. The summed E-state index contributed by atoms with van der Waals surface area (Å²) in [6.45, 7) is 0.0706. The van der Waals surface area contributed by atoms with E-state index in [-0.39, 0.29) is 12.5 Å². The molecule has 0 unspecified atom stereocenters. The number of likely N-dealkylation sites (N-methyl/N-ethyl adjacent to an activating group) is 1. The second-order valence-electron chi connectivity index (χ2n) is 5.14. The topological polar surface area (TPSA) is 80.2 Å². The molecule has 1 amide bonds. The number of carbonyl (C=O) groups is 1. The van der Waals surface area contributed by atoms with Gasteiger partial charge in [-0.05, 0) is 30.3 Å². The van der Waals surface area contributed by atoms with Crippen LogP contribution in [0.2, 0.25) is 0 Å². The lowest BCUT2D eigenvalue weighted by Crippen LogP contribution is -2.35. The third kappa shape index (κ3) is 2.42. The molecule has 23 heavy (non-hydrogen) atoms. The molecule has 0 fully saturated rings. The van der Waals surface area contributed by atoms with Crippen LogP contribution in [0, 0.1) is 0 Å². The lowest BCUT2D eigenvalue weighted by molar-refractivity contribution is -0.120. The number of amides is 1. The molecular weight excluding hydrogens is 294 g/mol. The minimum Gasteiger partial charge on any atom is -0.482 e. The van der Waals surface area contributed by atoms with E-state index >= 15 is 0 Å². The first-order chi connectivity index (χ1) is 11.2. The number of benzene rings is 1. The van der Waals surface area contributed by atoms with Gasteiger partial charge in [0.05, 0.1) is 5.69 Å². The molecule has 1 aliphatic heterocycles. The van der Waals surface area contributed by atoms with Crippen molar-refractivity contribution < 1.29 is 9.53 Å². The van der Waals surface area contributed by atoms with Crippen molar-refractivity contribution in [2.45, 2.75) is 0 Å². The summed E-state index contributed by atoms with van der Waals surface area (Å²) in [6, 6.07) is 9.26. The Balaban J connectivity index is 1.67. The van der Waals surface area contributed by atoms with Crippen LogP contribution in [0.1, 0.15) is 0 Å². The molecule has 7 heteroatoms. The van der Waals surface area contributed by atoms with Crippen molar-refractivity contribution in [3.63, 3.8) is 0 Å². The fraction of sp³-hybridized carbons (Fsp3) is 0.125. The van der Waals surface area contributed by atoms with Gasteiger partial charge in [0.25, 0.3) is 5.91 Å². The van der Waals surface area contributed by atoms with Crippen molar-refractivity contribution in [2.24, 2.45) is 0 Å². The largest absolute Gasteiger partial charge is 0.482 e. The molecule has 0 atom stereocenters. The SMILES string of the molecule is CN1C(=O)COc2ccc(Nc3ccc4nccnc4n3)cc21. The molecule has 0 aliphatic carbocycles. The number of nitrogens with zero attached hydrogens (tertiary/aromatic N) is 4. The molecule has 114 valence electrons. The van der Waals surface area contributed by atoms with E-state index in [1.165, 1.54) is 0 Å². The summed E-state index contributed by atoms with van der Waals surface area (Å²) < 4.78 is 5.42. The van der Waals surface area contributed by atoms with Crippen LogP contribution in [0.25, 0.3) is 11.2 Å². The van der Waals surface area contributed by atoms with Gasteiger partial charge in [-0.1, -0.05) is 0 Å². The summed E-state index contributed by atoms with van der Waals surface area (Å²) in [5, 5.41) is 3.21. The highest BCUT2D eigenvalue weighted by molar-refractivity contribution is 5.98. The highest BCUT2D eigenvalue weighted by Gasteiger charge is 2.22. The van der Waals surface area contributed by atoms with Crippen molar-refractivity contribution in [1.29, 1.82) is 0 Å². The first-order valence-corrected chi connectivity index (χ1v) is 7.09. The second kappa shape index (κ2) is 5.20. The minimum atomic E-state index is -0.0752. The quantitative estimate of drug-likeness (QED) is 0.781. The minimum absolute atomic E-state index is 0.0706. The molecule has 0 saturated carbocycles. The number of ether oxygens (including phenoxy) is 1. The van der Waals surface area contributed by atoms with Gasteiger partial charge in [-0.15, -0.1) is 0 Å². The summed E-state index contributed by atoms with van der Waals surface area (Å²) in [4.78, 5) is 26.1. The van der Waals surface area contributed by atoms with Gasteiger partial charge in [0.15, 0.2) is 12.3 Å². The predicted molar refractivity (Wildman–Crippen MR) is 86.0 cm³/mol. The van der Waals surface area contributed by atoms with Gasteiger partial charge in [0.2, 0.25) is 0 Å². The zero-order valence-electron chi connectivity index (χ0n) is 12.4. The fourth-order valence-electron chi connectivity index (χ4n) is 2.42. The molecule has 1 aromatic carbocycles.